The van der Waals surface area contributed by atoms with E-state index in [1.807, 2.05) is 45.8 Å². The first-order valence-corrected chi connectivity index (χ1v) is 8.78. The molecule has 1 saturated heterocycles. The number of nitrogens with one attached hydrogen (secondary N) is 1. The van der Waals surface area contributed by atoms with Crippen molar-refractivity contribution in [3.63, 3.8) is 0 Å². The largest absolute Gasteiger partial charge is 0.465 e. The Labute approximate surface area is 154 Å². The number of nitrogens with zero attached hydrogens (tertiary/aromatic N) is 3. The molecule has 26 heavy (non-hydrogen) atoms. The highest BCUT2D eigenvalue weighted by atomic mass is 16.6. The number of hydrogen-bond acceptors (Lipinski definition) is 7. The van der Waals surface area contributed by atoms with E-state index in [0.717, 1.165) is 0 Å². The van der Waals surface area contributed by atoms with Crippen LogP contribution in [0.4, 0.5) is 5.82 Å². The Hall–Kier alpha value is -2.22. The van der Waals surface area contributed by atoms with Gasteiger partial charge in [0.2, 0.25) is 6.04 Å². The summed E-state index contributed by atoms with van der Waals surface area (Å²) < 4.78 is 5.19. The lowest BCUT2D eigenvalue weighted by atomic mass is 9.73. The number of pyridine rings is 1. The van der Waals surface area contributed by atoms with E-state index < -0.39 is 35.4 Å². The molecule has 1 N–H and O–H groups in total. The average molecular weight is 364 g/mol. The fraction of sp³-hybridized carbons (Fsp3) is 0.667. The molecule has 144 valence electrons. The van der Waals surface area contributed by atoms with Gasteiger partial charge in [-0.05, 0) is 18.4 Å². The molecular formula is C18H28N4O4. The Morgan fingerprint density at radius 1 is 1.42 bits per heavy atom. The Bertz CT molecular complexity index is 671. The maximum atomic E-state index is 12.5. The van der Waals surface area contributed by atoms with Gasteiger partial charge in [0.15, 0.2) is 0 Å². The minimum absolute atomic E-state index is 0.234. The normalized spacial score (nSPS) is 25.8. The number of carbonyl (C=O) groups excluding carboxylic acids is 1. The second kappa shape index (κ2) is 7.57. The van der Waals surface area contributed by atoms with Crippen molar-refractivity contribution in [2.45, 2.75) is 45.8 Å². The molecule has 0 aromatic carbocycles. The third kappa shape index (κ3) is 3.80. The third-order valence-electron chi connectivity index (χ3n) is 4.79. The molecule has 2 heterocycles. The van der Waals surface area contributed by atoms with Gasteiger partial charge in [-0.2, -0.15) is 0 Å². The number of aromatic nitrogens is 1. The highest BCUT2D eigenvalue weighted by molar-refractivity contribution is 5.77. The molecule has 1 fully saturated rings. The van der Waals surface area contributed by atoms with Crippen molar-refractivity contribution in [3.05, 3.63) is 34.0 Å². The van der Waals surface area contributed by atoms with Crippen molar-refractivity contribution in [2.75, 3.05) is 25.6 Å². The molecule has 1 aromatic rings. The van der Waals surface area contributed by atoms with E-state index >= 15 is 0 Å². The van der Waals surface area contributed by atoms with E-state index in [-0.39, 0.29) is 11.5 Å². The van der Waals surface area contributed by atoms with Crippen LogP contribution >= 0.6 is 0 Å². The van der Waals surface area contributed by atoms with Gasteiger partial charge in [-0.15, -0.1) is 0 Å². The maximum absolute atomic E-state index is 12.5. The topological polar surface area (TPSA) is 97.6 Å². The Morgan fingerprint density at radius 2 is 2.08 bits per heavy atom. The van der Waals surface area contributed by atoms with Crippen LogP contribution in [0.2, 0.25) is 0 Å². The molecule has 0 aliphatic carbocycles. The van der Waals surface area contributed by atoms with Gasteiger partial charge >= 0.3 is 5.97 Å². The monoisotopic (exact) mass is 364 g/mol. The van der Waals surface area contributed by atoms with Gasteiger partial charge in [0.25, 0.3) is 0 Å². The quantitative estimate of drug-likeness (QED) is 0.485. The molecule has 0 unspecified atom stereocenters. The van der Waals surface area contributed by atoms with Crippen LogP contribution in [0.25, 0.3) is 0 Å². The summed E-state index contributed by atoms with van der Waals surface area (Å²) in [4.78, 5) is 30.5. The number of nitro groups is 1. The van der Waals surface area contributed by atoms with Gasteiger partial charge in [-0.25, -0.2) is 4.98 Å². The van der Waals surface area contributed by atoms with E-state index in [9.17, 15) is 14.9 Å². The van der Waals surface area contributed by atoms with Crippen molar-refractivity contribution < 1.29 is 14.5 Å². The Morgan fingerprint density at radius 3 is 2.58 bits per heavy atom. The van der Waals surface area contributed by atoms with Gasteiger partial charge in [0, 0.05) is 30.8 Å². The standard InChI is InChI=1S/C18H28N4O4/c1-7-26-17(23)14-12(18(2,3)4)15(22(24)25)13(20-14)11-9-8-10-19-16(11)21(5)6/h8-10,12-15,20H,7H2,1-6H3/t12-,13+,14+,15+/m0/s1. The summed E-state index contributed by atoms with van der Waals surface area (Å²) in [7, 11) is 3.68. The smallest absolute Gasteiger partial charge is 0.323 e. The fourth-order valence-corrected chi connectivity index (χ4v) is 3.81. The summed E-state index contributed by atoms with van der Waals surface area (Å²) >= 11 is 0. The van der Waals surface area contributed by atoms with Gasteiger partial charge in [-0.3, -0.25) is 20.2 Å². The Balaban J connectivity index is 2.56. The summed E-state index contributed by atoms with van der Waals surface area (Å²) in [6.45, 7) is 7.71. The van der Waals surface area contributed by atoms with E-state index in [1.165, 1.54) is 0 Å². The number of esters is 1. The molecule has 1 aliphatic heterocycles. The Kier molecular flexibility index (Phi) is 5.85. The number of rotatable bonds is 5. The lowest BCUT2D eigenvalue weighted by Crippen LogP contribution is -2.45. The lowest BCUT2D eigenvalue weighted by Gasteiger charge is -2.31. The van der Waals surface area contributed by atoms with Crippen LogP contribution in [0, 0.1) is 21.4 Å². The second-order valence-electron chi connectivity index (χ2n) is 7.85. The van der Waals surface area contributed by atoms with Crippen LogP contribution < -0.4 is 10.2 Å². The third-order valence-corrected chi connectivity index (χ3v) is 4.79. The summed E-state index contributed by atoms with van der Waals surface area (Å²) in [5.74, 6) is -0.317. The first-order chi connectivity index (χ1) is 12.1. The van der Waals surface area contributed by atoms with Crippen LogP contribution in [0.1, 0.15) is 39.3 Å². The molecule has 8 nitrogen and oxygen atoms in total. The summed E-state index contributed by atoms with van der Waals surface area (Å²) in [5.41, 5.74) is 0.248. The van der Waals surface area contributed by atoms with Gasteiger partial charge in [-0.1, -0.05) is 26.8 Å². The molecule has 0 spiro atoms. The van der Waals surface area contributed by atoms with Gasteiger partial charge in [0.1, 0.15) is 17.9 Å². The van der Waals surface area contributed by atoms with E-state index in [2.05, 4.69) is 10.3 Å². The minimum atomic E-state index is -0.965. The lowest BCUT2D eigenvalue weighted by molar-refractivity contribution is -0.535. The van der Waals surface area contributed by atoms with E-state index in [0.29, 0.717) is 11.4 Å². The van der Waals surface area contributed by atoms with Gasteiger partial charge < -0.3 is 9.64 Å². The summed E-state index contributed by atoms with van der Waals surface area (Å²) in [6, 6.07) is 1.24. The first kappa shape index (κ1) is 20.1. The molecule has 8 heteroatoms. The van der Waals surface area contributed by atoms with Crippen molar-refractivity contribution in [2.24, 2.45) is 11.3 Å². The zero-order valence-electron chi connectivity index (χ0n) is 16.2. The predicted octanol–water partition coefficient (Wildman–Crippen LogP) is 2.03. The summed E-state index contributed by atoms with van der Waals surface area (Å²) in [6.07, 6.45) is 1.65. The van der Waals surface area contributed by atoms with E-state index in [1.54, 1.807) is 19.2 Å². The number of ether oxygens (including phenoxy) is 1. The molecular weight excluding hydrogens is 336 g/mol. The SMILES string of the molecule is CCOC(=O)[C@@H]1N[C@H](c2cccnc2N(C)C)[C@H]([N+](=O)[O-])[C@H]1C(C)(C)C. The van der Waals surface area contributed by atoms with E-state index in [4.69, 9.17) is 4.74 Å². The van der Waals surface area contributed by atoms with Gasteiger partial charge in [0.05, 0.1) is 12.5 Å². The maximum Gasteiger partial charge on any atom is 0.323 e. The number of carbonyl (C=O) groups is 1. The minimum Gasteiger partial charge on any atom is -0.465 e. The van der Waals surface area contributed by atoms with Crippen LogP contribution in [0.15, 0.2) is 18.3 Å². The van der Waals surface area contributed by atoms with Crippen molar-refractivity contribution >= 4 is 11.8 Å². The molecule has 0 radical (unpaired) electrons. The average Bonchev–Trinajstić information content (AvgIpc) is 2.96. The van der Waals surface area contributed by atoms with Crippen LogP contribution in [0.5, 0.6) is 0 Å². The zero-order chi connectivity index (χ0) is 19.6. The number of anilines is 1. The first-order valence-electron chi connectivity index (χ1n) is 8.78. The summed E-state index contributed by atoms with van der Waals surface area (Å²) in [5, 5.41) is 15.2. The molecule has 2 rings (SSSR count). The van der Waals surface area contributed by atoms with Crippen molar-refractivity contribution in [1.29, 1.82) is 0 Å². The highest BCUT2D eigenvalue weighted by Gasteiger charge is 2.58. The van der Waals surface area contributed by atoms with Crippen LogP contribution in [0.3, 0.4) is 0 Å². The fourth-order valence-electron chi connectivity index (χ4n) is 3.81. The second-order valence-corrected chi connectivity index (χ2v) is 7.85. The molecule has 1 aromatic heterocycles. The van der Waals surface area contributed by atoms with Crippen LogP contribution in [-0.4, -0.2) is 48.7 Å². The highest BCUT2D eigenvalue weighted by Crippen LogP contribution is 2.45. The van der Waals surface area contributed by atoms with Crippen LogP contribution in [-0.2, 0) is 9.53 Å². The number of hydrogen-bond donors (Lipinski definition) is 1. The zero-order valence-corrected chi connectivity index (χ0v) is 16.2. The molecule has 0 saturated carbocycles. The molecule has 1 aliphatic rings. The molecule has 0 amide bonds. The molecule has 0 bridgehead atoms. The molecule has 4 atom stereocenters. The van der Waals surface area contributed by atoms with Crippen molar-refractivity contribution in [3.8, 4) is 0 Å². The predicted molar refractivity (Wildman–Crippen MR) is 98.6 cm³/mol. The van der Waals surface area contributed by atoms with Crippen molar-refractivity contribution in [1.82, 2.24) is 10.3 Å².